The standard InChI is InChI=1S/C8H8N2O2/c11-4-2-1-3-7-5-9-8(12)10-6-7/h5-6,11H,2,4H2,(H,9,10,12). The summed E-state index contributed by atoms with van der Waals surface area (Å²) in [6.45, 7) is 0.0454. The monoisotopic (exact) mass is 164 g/mol. The summed E-state index contributed by atoms with van der Waals surface area (Å²) in [5.74, 6) is 5.44. The Morgan fingerprint density at radius 3 is 3.08 bits per heavy atom. The smallest absolute Gasteiger partial charge is 0.344 e. The first kappa shape index (κ1) is 8.50. The highest BCUT2D eigenvalue weighted by Crippen LogP contribution is 1.86. The fourth-order valence-electron chi connectivity index (χ4n) is 0.631. The van der Waals surface area contributed by atoms with Crippen molar-refractivity contribution in [2.75, 3.05) is 6.61 Å². The minimum absolute atomic E-state index is 0.0454. The van der Waals surface area contributed by atoms with Gasteiger partial charge in [-0.05, 0) is 0 Å². The van der Waals surface area contributed by atoms with Gasteiger partial charge < -0.3 is 10.1 Å². The number of aliphatic hydroxyl groups is 1. The maximum atomic E-state index is 10.5. The van der Waals surface area contributed by atoms with Crippen molar-refractivity contribution in [3.8, 4) is 11.8 Å². The number of aromatic amines is 1. The van der Waals surface area contributed by atoms with Gasteiger partial charge in [-0.15, -0.1) is 0 Å². The molecule has 12 heavy (non-hydrogen) atoms. The zero-order chi connectivity index (χ0) is 8.81. The molecule has 1 aromatic heterocycles. The second-order valence-corrected chi connectivity index (χ2v) is 2.08. The lowest BCUT2D eigenvalue weighted by Gasteiger charge is -1.85. The van der Waals surface area contributed by atoms with Crippen molar-refractivity contribution in [3.63, 3.8) is 0 Å². The van der Waals surface area contributed by atoms with Crippen molar-refractivity contribution in [1.82, 2.24) is 9.97 Å². The topological polar surface area (TPSA) is 66.0 Å². The van der Waals surface area contributed by atoms with Crippen molar-refractivity contribution in [2.24, 2.45) is 0 Å². The number of nitrogens with zero attached hydrogens (tertiary/aromatic N) is 1. The third-order valence-electron chi connectivity index (χ3n) is 1.14. The average Bonchev–Trinajstić information content (AvgIpc) is 2.09. The number of H-pyrrole nitrogens is 1. The van der Waals surface area contributed by atoms with E-state index in [1.165, 1.54) is 12.4 Å². The van der Waals surface area contributed by atoms with E-state index in [4.69, 9.17) is 5.11 Å². The van der Waals surface area contributed by atoms with Crippen molar-refractivity contribution < 1.29 is 5.11 Å². The minimum atomic E-state index is -0.386. The van der Waals surface area contributed by atoms with Crippen LogP contribution in [0.15, 0.2) is 17.2 Å². The van der Waals surface area contributed by atoms with Crippen LogP contribution in [0.5, 0.6) is 0 Å². The van der Waals surface area contributed by atoms with Crippen molar-refractivity contribution >= 4 is 0 Å². The van der Waals surface area contributed by atoms with Crippen LogP contribution in [0, 0.1) is 11.8 Å². The molecule has 62 valence electrons. The van der Waals surface area contributed by atoms with Gasteiger partial charge >= 0.3 is 5.69 Å². The number of hydrogen-bond donors (Lipinski definition) is 2. The molecule has 4 heteroatoms. The molecule has 0 aliphatic rings. The molecule has 0 aliphatic heterocycles. The maximum absolute atomic E-state index is 10.5. The quantitative estimate of drug-likeness (QED) is 0.550. The Hall–Kier alpha value is -1.60. The van der Waals surface area contributed by atoms with Gasteiger partial charge in [0.05, 0.1) is 12.2 Å². The van der Waals surface area contributed by atoms with E-state index in [0.29, 0.717) is 12.0 Å². The van der Waals surface area contributed by atoms with Crippen LogP contribution in [0.4, 0.5) is 0 Å². The summed E-state index contributed by atoms with van der Waals surface area (Å²) in [6, 6.07) is 0. The van der Waals surface area contributed by atoms with Gasteiger partial charge in [0.1, 0.15) is 0 Å². The van der Waals surface area contributed by atoms with Crippen LogP contribution in [0.1, 0.15) is 12.0 Å². The Morgan fingerprint density at radius 1 is 1.67 bits per heavy atom. The molecule has 0 aromatic carbocycles. The highest BCUT2D eigenvalue weighted by atomic mass is 16.2. The van der Waals surface area contributed by atoms with Crippen LogP contribution >= 0.6 is 0 Å². The summed E-state index contributed by atoms with van der Waals surface area (Å²) in [4.78, 5) is 16.4. The van der Waals surface area contributed by atoms with Crippen LogP contribution in [0.25, 0.3) is 0 Å². The third-order valence-corrected chi connectivity index (χ3v) is 1.14. The molecule has 2 N–H and O–H groups in total. The molecule has 0 fully saturated rings. The molecular formula is C8H8N2O2. The third kappa shape index (κ3) is 2.56. The SMILES string of the molecule is O=c1ncc(C#CCCO)c[nH]1. The van der Waals surface area contributed by atoms with E-state index in [-0.39, 0.29) is 12.3 Å². The Balaban J connectivity index is 2.72. The normalized spacial score (nSPS) is 8.75. The van der Waals surface area contributed by atoms with Crippen LogP contribution in [0.3, 0.4) is 0 Å². The molecule has 0 bridgehead atoms. The zero-order valence-corrected chi connectivity index (χ0v) is 6.37. The number of nitrogens with one attached hydrogen (secondary N) is 1. The van der Waals surface area contributed by atoms with Crippen molar-refractivity contribution in [2.45, 2.75) is 6.42 Å². The molecule has 0 radical (unpaired) electrons. The average molecular weight is 164 g/mol. The second-order valence-electron chi connectivity index (χ2n) is 2.08. The highest BCUT2D eigenvalue weighted by molar-refractivity contribution is 5.28. The number of rotatable bonds is 1. The molecule has 0 amide bonds. The molecule has 4 nitrogen and oxygen atoms in total. The molecule has 1 aromatic rings. The van der Waals surface area contributed by atoms with Crippen molar-refractivity contribution in [1.29, 1.82) is 0 Å². The predicted octanol–water partition coefficient (Wildman–Crippen LogP) is -0.496. The van der Waals surface area contributed by atoms with Crippen molar-refractivity contribution in [3.05, 3.63) is 28.4 Å². The first-order valence-corrected chi connectivity index (χ1v) is 3.47. The first-order valence-electron chi connectivity index (χ1n) is 3.47. The summed E-state index contributed by atoms with van der Waals surface area (Å²) in [5, 5.41) is 8.41. The van der Waals surface area contributed by atoms with Crippen LogP contribution in [-0.2, 0) is 0 Å². The van der Waals surface area contributed by atoms with Crippen LogP contribution in [-0.4, -0.2) is 21.7 Å². The van der Waals surface area contributed by atoms with Gasteiger partial charge in [-0.2, -0.15) is 0 Å². The van der Waals surface area contributed by atoms with E-state index < -0.39 is 0 Å². The lowest BCUT2D eigenvalue weighted by Crippen LogP contribution is -2.07. The summed E-state index contributed by atoms with van der Waals surface area (Å²) in [6.07, 6.45) is 3.31. The summed E-state index contributed by atoms with van der Waals surface area (Å²) < 4.78 is 0. The molecule has 0 saturated heterocycles. The van der Waals surface area contributed by atoms with Gasteiger partial charge in [-0.3, -0.25) is 0 Å². The lowest BCUT2D eigenvalue weighted by atomic mass is 10.3. The molecule has 0 aliphatic carbocycles. The highest BCUT2D eigenvalue weighted by Gasteiger charge is 1.85. The first-order chi connectivity index (χ1) is 5.83. The fourth-order valence-corrected chi connectivity index (χ4v) is 0.631. The minimum Gasteiger partial charge on any atom is -0.395 e. The second kappa shape index (κ2) is 4.31. The van der Waals surface area contributed by atoms with Gasteiger partial charge in [-0.1, -0.05) is 11.8 Å². The van der Waals surface area contributed by atoms with Crippen LogP contribution in [0.2, 0.25) is 0 Å². The number of aromatic nitrogens is 2. The van der Waals surface area contributed by atoms with E-state index >= 15 is 0 Å². The van der Waals surface area contributed by atoms with Crippen LogP contribution < -0.4 is 5.69 Å². The molecule has 1 rings (SSSR count). The molecule has 0 spiro atoms. The van der Waals surface area contributed by atoms with E-state index in [1.54, 1.807) is 0 Å². The summed E-state index contributed by atoms with van der Waals surface area (Å²) in [5.41, 5.74) is 0.255. The molecule has 0 saturated carbocycles. The number of aliphatic hydroxyl groups excluding tert-OH is 1. The van der Waals surface area contributed by atoms with Gasteiger partial charge in [0, 0.05) is 18.8 Å². The van der Waals surface area contributed by atoms with E-state index in [1.807, 2.05) is 0 Å². The molecule has 0 unspecified atom stereocenters. The zero-order valence-electron chi connectivity index (χ0n) is 6.37. The van der Waals surface area contributed by atoms with Gasteiger partial charge in [-0.25, -0.2) is 9.78 Å². The Labute approximate surface area is 69.3 Å². The number of hydrogen-bond acceptors (Lipinski definition) is 3. The van der Waals surface area contributed by atoms with E-state index in [9.17, 15) is 4.79 Å². The Bertz CT molecular complexity index is 339. The molecular weight excluding hydrogens is 156 g/mol. The van der Waals surface area contributed by atoms with E-state index in [0.717, 1.165) is 0 Å². The fraction of sp³-hybridized carbons (Fsp3) is 0.250. The Kier molecular flexibility index (Phi) is 3.05. The van der Waals surface area contributed by atoms with Gasteiger partial charge in [0.15, 0.2) is 0 Å². The van der Waals surface area contributed by atoms with E-state index in [2.05, 4.69) is 21.8 Å². The molecule has 1 heterocycles. The van der Waals surface area contributed by atoms with Gasteiger partial charge in [0.2, 0.25) is 0 Å². The summed E-state index contributed by atoms with van der Waals surface area (Å²) in [7, 11) is 0. The Morgan fingerprint density at radius 2 is 2.50 bits per heavy atom. The summed E-state index contributed by atoms with van der Waals surface area (Å²) >= 11 is 0. The molecule has 0 atom stereocenters. The lowest BCUT2D eigenvalue weighted by molar-refractivity contribution is 0.305. The predicted molar refractivity (Wildman–Crippen MR) is 43.4 cm³/mol. The maximum Gasteiger partial charge on any atom is 0.344 e. The van der Waals surface area contributed by atoms with Gasteiger partial charge in [0.25, 0.3) is 0 Å². The largest absolute Gasteiger partial charge is 0.395 e.